The van der Waals surface area contributed by atoms with Crippen LogP contribution in [0.2, 0.25) is 0 Å². The summed E-state index contributed by atoms with van der Waals surface area (Å²) in [5, 5.41) is 4.49. The molecule has 0 aromatic carbocycles. The summed E-state index contributed by atoms with van der Waals surface area (Å²) in [4.78, 5) is 2.76. The lowest BCUT2D eigenvalue weighted by Gasteiger charge is -2.47. The average molecular weight is 278 g/mol. The van der Waals surface area contributed by atoms with Gasteiger partial charge in [0.2, 0.25) is 0 Å². The molecule has 2 saturated carbocycles. The molecule has 2 aliphatic rings. The molecule has 0 amide bonds. The van der Waals surface area contributed by atoms with Crippen molar-refractivity contribution < 1.29 is 0 Å². The van der Waals surface area contributed by atoms with Gasteiger partial charge in [-0.3, -0.25) is 4.90 Å². The summed E-state index contributed by atoms with van der Waals surface area (Å²) in [5.74, 6) is 0.891. The molecule has 2 fully saturated rings. The van der Waals surface area contributed by atoms with Gasteiger partial charge in [-0.15, -0.1) is 0 Å². The Labute approximate surface area is 121 Å². The summed E-state index contributed by atoms with van der Waals surface area (Å²) in [6.07, 6.45) is 8.05. The van der Waals surface area contributed by atoms with E-state index in [9.17, 15) is 0 Å². The predicted octanol–water partition coefficient (Wildman–Crippen LogP) is 3.62. The number of hydrogen-bond acceptors (Lipinski definition) is 3. The molecule has 3 rings (SSSR count). The Kier molecular flexibility index (Phi) is 3.97. The Morgan fingerprint density at radius 2 is 2.05 bits per heavy atom. The second-order valence-electron chi connectivity index (χ2n) is 6.60. The van der Waals surface area contributed by atoms with Gasteiger partial charge in [0.1, 0.15) is 0 Å². The van der Waals surface area contributed by atoms with E-state index in [1.54, 1.807) is 0 Å². The van der Waals surface area contributed by atoms with Gasteiger partial charge in [0.25, 0.3) is 0 Å². The fourth-order valence-electron chi connectivity index (χ4n) is 3.56. The van der Waals surface area contributed by atoms with Crippen molar-refractivity contribution in [2.45, 2.75) is 63.6 Å². The van der Waals surface area contributed by atoms with Crippen molar-refractivity contribution in [1.82, 2.24) is 4.90 Å². The van der Waals surface area contributed by atoms with Crippen molar-refractivity contribution in [2.75, 3.05) is 6.54 Å². The highest BCUT2D eigenvalue weighted by Gasteiger charge is 2.44. The van der Waals surface area contributed by atoms with Gasteiger partial charge in [0.05, 0.1) is 0 Å². The molecular formula is C16H26N2S. The van der Waals surface area contributed by atoms with Crippen LogP contribution < -0.4 is 5.73 Å². The van der Waals surface area contributed by atoms with E-state index in [2.05, 4.69) is 28.7 Å². The third-order valence-electron chi connectivity index (χ3n) is 5.11. The Morgan fingerprint density at radius 3 is 2.58 bits per heavy atom. The van der Waals surface area contributed by atoms with E-state index in [4.69, 9.17) is 5.73 Å². The predicted molar refractivity (Wildman–Crippen MR) is 82.3 cm³/mol. The lowest BCUT2D eigenvalue weighted by atomic mass is 9.75. The highest BCUT2D eigenvalue weighted by Crippen LogP contribution is 2.42. The molecule has 3 heteroatoms. The lowest BCUT2D eigenvalue weighted by molar-refractivity contribution is 0.0305. The molecule has 0 spiro atoms. The van der Waals surface area contributed by atoms with E-state index >= 15 is 0 Å². The average Bonchev–Trinajstić information content (AvgIpc) is 3.14. The quantitative estimate of drug-likeness (QED) is 0.891. The first-order valence-electron chi connectivity index (χ1n) is 7.71. The molecular weight excluding hydrogens is 252 g/mol. The maximum atomic E-state index is 6.24. The van der Waals surface area contributed by atoms with E-state index in [-0.39, 0.29) is 5.54 Å². The first kappa shape index (κ1) is 13.6. The standard InChI is InChI=1S/C16H26N2S/c1-13-4-7-16(12-17,8-5-13)18(15-2-3-15)10-14-6-9-19-11-14/h6,9,11,13,15H,2-5,7-8,10,12,17H2,1H3. The molecule has 2 aliphatic carbocycles. The third-order valence-corrected chi connectivity index (χ3v) is 5.85. The van der Waals surface area contributed by atoms with Crippen molar-refractivity contribution in [3.63, 3.8) is 0 Å². The lowest BCUT2D eigenvalue weighted by Crippen LogP contribution is -2.56. The molecule has 0 aliphatic heterocycles. The zero-order valence-corrected chi connectivity index (χ0v) is 12.8. The molecule has 2 nitrogen and oxygen atoms in total. The van der Waals surface area contributed by atoms with Gasteiger partial charge in [-0.05, 0) is 66.8 Å². The van der Waals surface area contributed by atoms with Gasteiger partial charge >= 0.3 is 0 Å². The first-order valence-corrected chi connectivity index (χ1v) is 8.66. The minimum atomic E-state index is 0.287. The number of rotatable bonds is 5. The third kappa shape index (κ3) is 2.88. The fourth-order valence-corrected chi connectivity index (χ4v) is 4.22. The maximum absolute atomic E-state index is 6.24. The molecule has 0 saturated heterocycles. The summed E-state index contributed by atoms with van der Waals surface area (Å²) in [7, 11) is 0. The van der Waals surface area contributed by atoms with Gasteiger partial charge in [0, 0.05) is 24.7 Å². The van der Waals surface area contributed by atoms with Gasteiger partial charge in [-0.25, -0.2) is 0 Å². The Hall–Kier alpha value is -0.380. The van der Waals surface area contributed by atoms with Crippen molar-refractivity contribution in [2.24, 2.45) is 11.7 Å². The van der Waals surface area contributed by atoms with Crippen LogP contribution in [-0.4, -0.2) is 23.0 Å². The first-order chi connectivity index (χ1) is 9.23. The van der Waals surface area contributed by atoms with Crippen LogP contribution in [0.15, 0.2) is 16.8 Å². The van der Waals surface area contributed by atoms with Crippen LogP contribution in [0.1, 0.15) is 51.0 Å². The topological polar surface area (TPSA) is 29.3 Å². The summed E-state index contributed by atoms with van der Waals surface area (Å²) < 4.78 is 0. The highest BCUT2D eigenvalue weighted by atomic mass is 32.1. The van der Waals surface area contributed by atoms with E-state index in [0.29, 0.717) is 0 Å². The van der Waals surface area contributed by atoms with Gasteiger partial charge in [-0.2, -0.15) is 11.3 Å². The van der Waals surface area contributed by atoms with E-state index in [1.165, 1.54) is 44.1 Å². The van der Waals surface area contributed by atoms with Crippen LogP contribution in [0, 0.1) is 5.92 Å². The zero-order chi connectivity index (χ0) is 13.3. The van der Waals surface area contributed by atoms with Crippen molar-refractivity contribution in [1.29, 1.82) is 0 Å². The van der Waals surface area contributed by atoms with Gasteiger partial charge in [0.15, 0.2) is 0 Å². The molecule has 2 N–H and O–H groups in total. The molecule has 19 heavy (non-hydrogen) atoms. The second-order valence-corrected chi connectivity index (χ2v) is 7.38. The Morgan fingerprint density at radius 1 is 1.32 bits per heavy atom. The SMILES string of the molecule is CC1CCC(CN)(N(Cc2ccsc2)C2CC2)CC1. The number of hydrogen-bond donors (Lipinski definition) is 1. The number of nitrogens with zero attached hydrogens (tertiary/aromatic N) is 1. The highest BCUT2D eigenvalue weighted by molar-refractivity contribution is 7.07. The molecule has 1 heterocycles. The molecule has 0 radical (unpaired) electrons. The monoisotopic (exact) mass is 278 g/mol. The smallest absolute Gasteiger partial charge is 0.0338 e. The van der Waals surface area contributed by atoms with E-state index in [1.807, 2.05) is 11.3 Å². The van der Waals surface area contributed by atoms with Crippen LogP contribution in [0.3, 0.4) is 0 Å². The second kappa shape index (κ2) is 5.55. The Bertz CT molecular complexity index is 389. The van der Waals surface area contributed by atoms with Crippen molar-refractivity contribution >= 4 is 11.3 Å². The number of thiophene rings is 1. The largest absolute Gasteiger partial charge is 0.329 e. The molecule has 1 aromatic rings. The van der Waals surface area contributed by atoms with Crippen molar-refractivity contribution in [3.8, 4) is 0 Å². The minimum absolute atomic E-state index is 0.287. The van der Waals surface area contributed by atoms with Gasteiger partial charge in [-0.1, -0.05) is 6.92 Å². The summed E-state index contributed by atoms with van der Waals surface area (Å²) in [5.41, 5.74) is 8.00. The molecule has 0 unspecified atom stereocenters. The molecule has 0 bridgehead atoms. The van der Waals surface area contributed by atoms with Crippen LogP contribution in [0.25, 0.3) is 0 Å². The molecule has 0 atom stereocenters. The van der Waals surface area contributed by atoms with Gasteiger partial charge < -0.3 is 5.73 Å². The summed E-state index contributed by atoms with van der Waals surface area (Å²) in [6.45, 7) is 4.33. The number of nitrogens with two attached hydrogens (primary N) is 1. The van der Waals surface area contributed by atoms with Crippen LogP contribution >= 0.6 is 11.3 Å². The fraction of sp³-hybridized carbons (Fsp3) is 0.750. The van der Waals surface area contributed by atoms with Crippen molar-refractivity contribution in [3.05, 3.63) is 22.4 Å². The Balaban J connectivity index is 1.77. The normalized spacial score (nSPS) is 31.8. The zero-order valence-electron chi connectivity index (χ0n) is 12.0. The van der Waals surface area contributed by atoms with E-state index < -0.39 is 0 Å². The van der Waals surface area contributed by atoms with Crippen LogP contribution in [-0.2, 0) is 6.54 Å². The van der Waals surface area contributed by atoms with E-state index in [0.717, 1.165) is 25.0 Å². The van der Waals surface area contributed by atoms with Crippen LogP contribution in [0.5, 0.6) is 0 Å². The minimum Gasteiger partial charge on any atom is -0.329 e. The van der Waals surface area contributed by atoms with Crippen LogP contribution in [0.4, 0.5) is 0 Å². The maximum Gasteiger partial charge on any atom is 0.0338 e. The molecule has 106 valence electrons. The summed E-state index contributed by atoms with van der Waals surface area (Å²) in [6, 6.07) is 3.08. The molecule has 1 aromatic heterocycles. The summed E-state index contributed by atoms with van der Waals surface area (Å²) >= 11 is 1.81.